The SMILES string of the molecule is C=CCSCCNC(C)C. The molecule has 0 aromatic heterocycles. The van der Waals surface area contributed by atoms with Gasteiger partial charge in [0.25, 0.3) is 0 Å². The highest BCUT2D eigenvalue weighted by Gasteiger charge is 1.89. The van der Waals surface area contributed by atoms with Gasteiger partial charge in [0.05, 0.1) is 0 Å². The number of thioether (sulfide) groups is 1. The first-order valence-corrected chi connectivity index (χ1v) is 4.85. The van der Waals surface area contributed by atoms with Gasteiger partial charge in [-0.1, -0.05) is 19.9 Å². The van der Waals surface area contributed by atoms with Crippen LogP contribution in [0.5, 0.6) is 0 Å². The van der Waals surface area contributed by atoms with Crippen LogP contribution in [0.3, 0.4) is 0 Å². The fourth-order valence-electron chi connectivity index (χ4n) is 0.586. The minimum atomic E-state index is 0.615. The van der Waals surface area contributed by atoms with E-state index in [1.54, 1.807) is 0 Å². The van der Waals surface area contributed by atoms with Gasteiger partial charge in [-0.25, -0.2) is 0 Å². The molecule has 1 nitrogen and oxygen atoms in total. The van der Waals surface area contributed by atoms with E-state index in [9.17, 15) is 0 Å². The summed E-state index contributed by atoms with van der Waals surface area (Å²) in [4.78, 5) is 0. The van der Waals surface area contributed by atoms with E-state index >= 15 is 0 Å². The van der Waals surface area contributed by atoms with Gasteiger partial charge >= 0.3 is 0 Å². The van der Waals surface area contributed by atoms with Crippen LogP contribution in [0.2, 0.25) is 0 Å². The van der Waals surface area contributed by atoms with Gasteiger partial charge < -0.3 is 5.32 Å². The molecule has 2 heteroatoms. The maximum absolute atomic E-state index is 3.65. The number of nitrogens with one attached hydrogen (secondary N) is 1. The number of hydrogen-bond donors (Lipinski definition) is 1. The fourth-order valence-corrected chi connectivity index (χ4v) is 1.18. The van der Waals surface area contributed by atoms with Crippen molar-refractivity contribution in [3.8, 4) is 0 Å². The Morgan fingerprint density at radius 2 is 2.30 bits per heavy atom. The van der Waals surface area contributed by atoms with Crippen molar-refractivity contribution >= 4 is 11.8 Å². The first kappa shape index (κ1) is 10.0. The van der Waals surface area contributed by atoms with Gasteiger partial charge in [0.1, 0.15) is 0 Å². The molecule has 0 atom stereocenters. The van der Waals surface area contributed by atoms with Crippen LogP contribution >= 0.6 is 11.8 Å². The molecule has 0 unspecified atom stereocenters. The molecule has 1 N–H and O–H groups in total. The maximum Gasteiger partial charge on any atom is 0.0111 e. The van der Waals surface area contributed by atoms with E-state index in [-0.39, 0.29) is 0 Å². The maximum atomic E-state index is 3.65. The van der Waals surface area contributed by atoms with Crippen LogP contribution in [0.4, 0.5) is 0 Å². The third-order valence-corrected chi connectivity index (χ3v) is 2.00. The predicted octanol–water partition coefficient (Wildman–Crippen LogP) is 1.90. The van der Waals surface area contributed by atoms with E-state index in [4.69, 9.17) is 0 Å². The van der Waals surface area contributed by atoms with E-state index in [1.807, 2.05) is 17.8 Å². The van der Waals surface area contributed by atoms with Crippen LogP contribution in [-0.4, -0.2) is 24.1 Å². The van der Waals surface area contributed by atoms with Crippen molar-refractivity contribution in [1.29, 1.82) is 0 Å². The molecule has 0 aliphatic heterocycles. The Morgan fingerprint density at radius 3 is 2.80 bits per heavy atom. The van der Waals surface area contributed by atoms with E-state index in [2.05, 4.69) is 25.7 Å². The average Bonchev–Trinajstić information content (AvgIpc) is 1.87. The Bertz CT molecular complexity index is 81.3. The summed E-state index contributed by atoms with van der Waals surface area (Å²) in [6.45, 7) is 9.09. The van der Waals surface area contributed by atoms with Crippen molar-refractivity contribution in [2.45, 2.75) is 19.9 Å². The molecule has 0 spiro atoms. The molecule has 0 aromatic rings. The number of hydrogen-bond acceptors (Lipinski definition) is 2. The van der Waals surface area contributed by atoms with Crippen LogP contribution < -0.4 is 5.32 Å². The van der Waals surface area contributed by atoms with E-state index < -0.39 is 0 Å². The molecule has 0 aliphatic rings. The molecule has 60 valence electrons. The molecular formula is C8H17NS. The summed E-state index contributed by atoms with van der Waals surface area (Å²) < 4.78 is 0. The van der Waals surface area contributed by atoms with Gasteiger partial charge in [0.2, 0.25) is 0 Å². The summed E-state index contributed by atoms with van der Waals surface area (Å²) in [6, 6.07) is 0.615. The first-order valence-electron chi connectivity index (χ1n) is 3.69. The van der Waals surface area contributed by atoms with Crippen LogP contribution in [0, 0.1) is 0 Å². The first-order chi connectivity index (χ1) is 4.77. The largest absolute Gasteiger partial charge is 0.314 e. The molecule has 0 rings (SSSR count). The zero-order chi connectivity index (χ0) is 7.82. The van der Waals surface area contributed by atoms with E-state index in [1.165, 1.54) is 5.75 Å². The van der Waals surface area contributed by atoms with Crippen molar-refractivity contribution in [1.82, 2.24) is 5.32 Å². The zero-order valence-corrected chi connectivity index (χ0v) is 7.71. The minimum Gasteiger partial charge on any atom is -0.314 e. The molecule has 0 heterocycles. The summed E-state index contributed by atoms with van der Waals surface area (Å²) in [5.41, 5.74) is 0. The third-order valence-electron chi connectivity index (χ3n) is 1.03. The summed E-state index contributed by atoms with van der Waals surface area (Å²) >= 11 is 1.91. The van der Waals surface area contributed by atoms with Gasteiger partial charge in [0.15, 0.2) is 0 Å². The summed E-state index contributed by atoms with van der Waals surface area (Å²) in [5, 5.41) is 3.35. The Kier molecular flexibility index (Phi) is 7.20. The van der Waals surface area contributed by atoms with Crippen molar-refractivity contribution in [2.75, 3.05) is 18.1 Å². The van der Waals surface area contributed by atoms with E-state index in [0.29, 0.717) is 6.04 Å². The Balaban J connectivity index is 2.83. The van der Waals surface area contributed by atoms with Crippen molar-refractivity contribution in [3.63, 3.8) is 0 Å². The average molecular weight is 159 g/mol. The molecule has 0 saturated heterocycles. The molecular weight excluding hydrogens is 142 g/mol. The highest BCUT2D eigenvalue weighted by Crippen LogP contribution is 1.97. The molecule has 0 radical (unpaired) electrons. The van der Waals surface area contributed by atoms with Crippen molar-refractivity contribution < 1.29 is 0 Å². The van der Waals surface area contributed by atoms with E-state index in [0.717, 1.165) is 12.3 Å². The lowest BCUT2D eigenvalue weighted by molar-refractivity contribution is 0.616. The molecule has 0 aliphatic carbocycles. The summed E-state index contributed by atoms with van der Waals surface area (Å²) in [6.07, 6.45) is 1.94. The molecule has 0 fully saturated rings. The van der Waals surface area contributed by atoms with Crippen LogP contribution in [0.25, 0.3) is 0 Å². The second kappa shape index (κ2) is 7.16. The molecule has 0 aromatic carbocycles. The smallest absolute Gasteiger partial charge is 0.0111 e. The molecule has 0 saturated carbocycles. The fraction of sp³-hybridized carbons (Fsp3) is 0.750. The lowest BCUT2D eigenvalue weighted by atomic mass is 10.4. The quantitative estimate of drug-likeness (QED) is 0.469. The lowest BCUT2D eigenvalue weighted by Crippen LogP contribution is -2.24. The Hall–Kier alpha value is 0.0500. The Labute approximate surface area is 68.3 Å². The monoisotopic (exact) mass is 159 g/mol. The highest BCUT2D eigenvalue weighted by molar-refractivity contribution is 7.99. The normalized spacial score (nSPS) is 10.3. The molecule has 0 bridgehead atoms. The Morgan fingerprint density at radius 1 is 1.60 bits per heavy atom. The van der Waals surface area contributed by atoms with Crippen LogP contribution in [0.1, 0.15) is 13.8 Å². The molecule has 10 heavy (non-hydrogen) atoms. The predicted molar refractivity (Wildman–Crippen MR) is 50.7 cm³/mol. The lowest BCUT2D eigenvalue weighted by Gasteiger charge is -2.05. The minimum absolute atomic E-state index is 0.615. The zero-order valence-electron chi connectivity index (χ0n) is 6.89. The second-order valence-electron chi connectivity index (χ2n) is 2.47. The van der Waals surface area contributed by atoms with Gasteiger partial charge in [-0.3, -0.25) is 0 Å². The van der Waals surface area contributed by atoms with Gasteiger partial charge in [-0.05, 0) is 0 Å². The molecule has 0 amide bonds. The third kappa shape index (κ3) is 8.05. The standard InChI is InChI=1S/C8H17NS/c1-4-6-10-7-5-9-8(2)3/h4,8-9H,1,5-7H2,2-3H3. The van der Waals surface area contributed by atoms with Crippen molar-refractivity contribution in [2.24, 2.45) is 0 Å². The van der Waals surface area contributed by atoms with Crippen LogP contribution in [0.15, 0.2) is 12.7 Å². The summed E-state index contributed by atoms with van der Waals surface area (Å²) in [5.74, 6) is 2.25. The highest BCUT2D eigenvalue weighted by atomic mass is 32.2. The number of rotatable bonds is 6. The topological polar surface area (TPSA) is 12.0 Å². The van der Waals surface area contributed by atoms with Gasteiger partial charge in [-0.2, -0.15) is 11.8 Å². The summed E-state index contributed by atoms with van der Waals surface area (Å²) in [7, 11) is 0. The van der Waals surface area contributed by atoms with Gasteiger partial charge in [0, 0.05) is 24.1 Å². The van der Waals surface area contributed by atoms with Gasteiger partial charge in [-0.15, -0.1) is 6.58 Å². The second-order valence-corrected chi connectivity index (χ2v) is 3.62. The van der Waals surface area contributed by atoms with Crippen molar-refractivity contribution in [3.05, 3.63) is 12.7 Å². The van der Waals surface area contributed by atoms with Crippen LogP contribution in [-0.2, 0) is 0 Å².